The summed E-state index contributed by atoms with van der Waals surface area (Å²) >= 11 is 8.88. The molecule has 2 aromatic carbocycles. The van der Waals surface area contributed by atoms with E-state index in [9.17, 15) is 4.79 Å². The molecule has 1 heterocycles. The summed E-state index contributed by atoms with van der Waals surface area (Å²) in [7, 11) is 1.63. The number of nitrogens with zero attached hydrogens (tertiary/aromatic N) is 2. The lowest BCUT2D eigenvalue weighted by molar-refractivity contribution is -0.120. The summed E-state index contributed by atoms with van der Waals surface area (Å²) in [5.41, 5.74) is 1.77. The molecule has 0 saturated carbocycles. The zero-order chi connectivity index (χ0) is 19.9. The third-order valence-corrected chi connectivity index (χ3v) is 6.20. The van der Waals surface area contributed by atoms with E-state index in [2.05, 4.69) is 20.8 Å². The van der Waals surface area contributed by atoms with Gasteiger partial charge in [0.1, 0.15) is 5.75 Å². The molecule has 146 valence electrons. The van der Waals surface area contributed by atoms with Crippen molar-refractivity contribution in [2.45, 2.75) is 23.1 Å². The summed E-state index contributed by atoms with van der Waals surface area (Å²) in [4.78, 5) is 12.3. The van der Waals surface area contributed by atoms with Gasteiger partial charge in [0.25, 0.3) is 0 Å². The molecule has 1 aromatic heterocycles. The summed E-state index contributed by atoms with van der Waals surface area (Å²) in [6.45, 7) is 2.23. The monoisotopic (exact) mass is 434 g/mol. The number of hydrogen-bond acceptors (Lipinski definition) is 7. The number of anilines is 2. The fourth-order valence-electron chi connectivity index (χ4n) is 2.28. The van der Waals surface area contributed by atoms with E-state index in [-0.39, 0.29) is 11.2 Å². The predicted molar refractivity (Wildman–Crippen MR) is 115 cm³/mol. The Morgan fingerprint density at radius 1 is 1.21 bits per heavy atom. The van der Waals surface area contributed by atoms with Crippen LogP contribution in [0.1, 0.15) is 12.5 Å². The first kappa shape index (κ1) is 20.4. The zero-order valence-corrected chi connectivity index (χ0v) is 17.7. The van der Waals surface area contributed by atoms with Crippen LogP contribution in [0.5, 0.6) is 5.75 Å². The van der Waals surface area contributed by atoms with Gasteiger partial charge in [-0.2, -0.15) is 0 Å². The Labute approximate surface area is 176 Å². The van der Waals surface area contributed by atoms with Gasteiger partial charge < -0.3 is 15.4 Å². The number of hydrogen-bond donors (Lipinski definition) is 2. The summed E-state index contributed by atoms with van der Waals surface area (Å²) < 4.78 is 5.86. The minimum absolute atomic E-state index is 0.0789. The Balaban J connectivity index is 1.52. The van der Waals surface area contributed by atoms with Crippen molar-refractivity contribution in [3.63, 3.8) is 0 Å². The molecule has 3 rings (SSSR count). The average molecular weight is 435 g/mol. The van der Waals surface area contributed by atoms with Gasteiger partial charge in [0.05, 0.1) is 12.4 Å². The van der Waals surface area contributed by atoms with Crippen molar-refractivity contribution >= 4 is 51.4 Å². The Kier molecular flexibility index (Phi) is 7.13. The lowest BCUT2D eigenvalue weighted by atomic mass is 10.2. The SMILES string of the molecule is COc1ccc(Nc2nnc(SC(C)C(=O)NCc3ccccc3Cl)s2)cc1. The number of methoxy groups -OCH3 is 1. The van der Waals surface area contributed by atoms with Crippen molar-refractivity contribution in [3.05, 3.63) is 59.1 Å². The largest absolute Gasteiger partial charge is 0.497 e. The zero-order valence-electron chi connectivity index (χ0n) is 15.3. The first-order valence-corrected chi connectivity index (χ1v) is 10.5. The topological polar surface area (TPSA) is 76.1 Å². The van der Waals surface area contributed by atoms with Crippen molar-refractivity contribution in [3.8, 4) is 5.75 Å². The van der Waals surface area contributed by atoms with Gasteiger partial charge in [-0.25, -0.2) is 0 Å². The number of nitrogens with one attached hydrogen (secondary N) is 2. The van der Waals surface area contributed by atoms with Gasteiger partial charge in [0, 0.05) is 17.3 Å². The number of rotatable bonds is 8. The molecule has 2 N–H and O–H groups in total. The number of amides is 1. The van der Waals surface area contributed by atoms with E-state index >= 15 is 0 Å². The molecule has 0 aliphatic carbocycles. The standard InChI is InChI=1S/C19H19ClN4O2S2/c1-12(17(25)21-11-13-5-3-4-6-16(13)20)27-19-24-23-18(28-19)22-14-7-9-15(26-2)10-8-14/h3-10,12H,11H2,1-2H3,(H,21,25)(H,22,23). The highest BCUT2D eigenvalue weighted by molar-refractivity contribution is 8.02. The number of carbonyl (C=O) groups excluding carboxylic acids is 1. The van der Waals surface area contributed by atoms with Gasteiger partial charge in [-0.1, -0.05) is 52.9 Å². The Morgan fingerprint density at radius 2 is 1.96 bits per heavy atom. The Morgan fingerprint density at radius 3 is 2.68 bits per heavy atom. The first-order chi connectivity index (χ1) is 13.5. The van der Waals surface area contributed by atoms with E-state index in [4.69, 9.17) is 16.3 Å². The Bertz CT molecular complexity index is 934. The van der Waals surface area contributed by atoms with Gasteiger partial charge in [-0.3, -0.25) is 4.79 Å². The molecule has 0 saturated heterocycles. The minimum atomic E-state index is -0.302. The van der Waals surface area contributed by atoms with Gasteiger partial charge in [0.2, 0.25) is 11.0 Å². The Hall–Kier alpha value is -2.29. The highest BCUT2D eigenvalue weighted by Gasteiger charge is 2.17. The average Bonchev–Trinajstić information content (AvgIpc) is 3.14. The molecular weight excluding hydrogens is 416 g/mol. The lowest BCUT2D eigenvalue weighted by Crippen LogP contribution is -2.30. The highest BCUT2D eigenvalue weighted by Crippen LogP contribution is 2.30. The maximum atomic E-state index is 12.3. The van der Waals surface area contributed by atoms with Crippen molar-refractivity contribution in [2.24, 2.45) is 0 Å². The third kappa shape index (κ3) is 5.60. The number of carbonyl (C=O) groups is 1. The van der Waals surface area contributed by atoms with Gasteiger partial charge in [-0.05, 0) is 42.8 Å². The second-order valence-corrected chi connectivity index (χ2v) is 8.77. The van der Waals surface area contributed by atoms with E-state index in [1.807, 2.05) is 49.4 Å². The molecule has 0 aliphatic rings. The van der Waals surface area contributed by atoms with Crippen LogP contribution < -0.4 is 15.4 Å². The molecule has 0 spiro atoms. The fourth-order valence-corrected chi connectivity index (χ4v) is 4.42. The van der Waals surface area contributed by atoms with Crippen LogP contribution in [-0.2, 0) is 11.3 Å². The van der Waals surface area contributed by atoms with Gasteiger partial charge in [0.15, 0.2) is 4.34 Å². The van der Waals surface area contributed by atoms with Crippen LogP contribution in [0, 0.1) is 0 Å². The molecule has 0 aliphatic heterocycles. The number of thioether (sulfide) groups is 1. The maximum Gasteiger partial charge on any atom is 0.233 e. The van der Waals surface area contributed by atoms with Crippen LogP contribution in [0.15, 0.2) is 52.9 Å². The van der Waals surface area contributed by atoms with E-state index in [1.54, 1.807) is 13.2 Å². The highest BCUT2D eigenvalue weighted by atomic mass is 35.5. The molecular formula is C19H19ClN4O2S2. The molecule has 3 aromatic rings. The minimum Gasteiger partial charge on any atom is -0.497 e. The molecule has 9 heteroatoms. The normalized spacial score (nSPS) is 11.7. The van der Waals surface area contributed by atoms with Crippen LogP contribution in [0.25, 0.3) is 0 Å². The van der Waals surface area contributed by atoms with E-state index in [0.717, 1.165) is 21.3 Å². The van der Waals surface area contributed by atoms with Crippen LogP contribution >= 0.6 is 34.7 Å². The van der Waals surface area contributed by atoms with Crippen LogP contribution in [0.2, 0.25) is 5.02 Å². The van der Waals surface area contributed by atoms with Crippen molar-refractivity contribution in [1.29, 1.82) is 0 Å². The van der Waals surface area contributed by atoms with Crippen LogP contribution in [0.4, 0.5) is 10.8 Å². The maximum absolute atomic E-state index is 12.3. The number of aromatic nitrogens is 2. The smallest absolute Gasteiger partial charge is 0.233 e. The summed E-state index contributed by atoms with van der Waals surface area (Å²) in [6.07, 6.45) is 0. The van der Waals surface area contributed by atoms with Crippen LogP contribution in [0.3, 0.4) is 0 Å². The van der Waals surface area contributed by atoms with Crippen molar-refractivity contribution in [2.75, 3.05) is 12.4 Å². The number of ether oxygens (including phenoxy) is 1. The van der Waals surface area contributed by atoms with E-state index < -0.39 is 0 Å². The van der Waals surface area contributed by atoms with Gasteiger partial charge in [-0.15, -0.1) is 10.2 Å². The van der Waals surface area contributed by atoms with Gasteiger partial charge >= 0.3 is 0 Å². The molecule has 1 atom stereocenters. The summed E-state index contributed by atoms with van der Waals surface area (Å²) in [5.74, 6) is 0.709. The van der Waals surface area contributed by atoms with Crippen LogP contribution in [-0.4, -0.2) is 28.5 Å². The first-order valence-electron chi connectivity index (χ1n) is 8.47. The fraction of sp³-hybridized carbons (Fsp3) is 0.211. The summed E-state index contributed by atoms with van der Waals surface area (Å²) in [5, 5.41) is 15.4. The molecule has 28 heavy (non-hydrogen) atoms. The second kappa shape index (κ2) is 9.77. The second-order valence-electron chi connectivity index (χ2n) is 5.80. The molecule has 1 amide bonds. The quantitative estimate of drug-likeness (QED) is 0.498. The number of halogens is 1. The molecule has 6 nitrogen and oxygen atoms in total. The number of benzene rings is 2. The van der Waals surface area contributed by atoms with Crippen molar-refractivity contribution in [1.82, 2.24) is 15.5 Å². The lowest BCUT2D eigenvalue weighted by Gasteiger charge is -2.11. The van der Waals surface area contributed by atoms with E-state index in [0.29, 0.717) is 16.7 Å². The summed E-state index contributed by atoms with van der Waals surface area (Å²) in [6, 6.07) is 15.0. The molecule has 0 bridgehead atoms. The van der Waals surface area contributed by atoms with E-state index in [1.165, 1.54) is 23.1 Å². The predicted octanol–water partition coefficient (Wildman–Crippen LogP) is 4.74. The third-order valence-electron chi connectivity index (χ3n) is 3.81. The molecule has 0 fully saturated rings. The molecule has 1 unspecified atom stereocenters. The molecule has 0 radical (unpaired) electrons. The van der Waals surface area contributed by atoms with Crippen molar-refractivity contribution < 1.29 is 9.53 Å².